The minimum Gasteiger partial charge on any atom is -0.464 e. The number of carbonyl (C=O) groups excluding carboxylic acids is 3. The van der Waals surface area contributed by atoms with Gasteiger partial charge in [0.05, 0.1) is 18.0 Å². The minimum atomic E-state index is -0.982. The maximum Gasteiger partial charge on any atom is 0.417 e. The minimum absolute atomic E-state index is 0.164. The number of hydrogen-bond donors (Lipinski definition) is 0. The second-order valence-electron chi connectivity index (χ2n) is 9.15. The largest absolute Gasteiger partial charge is 0.464 e. The van der Waals surface area contributed by atoms with Gasteiger partial charge in [0.2, 0.25) is 5.91 Å². The number of imide groups is 1. The molecule has 0 bridgehead atoms. The third-order valence-corrected chi connectivity index (χ3v) is 5.22. The van der Waals surface area contributed by atoms with E-state index in [2.05, 4.69) is 10.2 Å². The van der Waals surface area contributed by atoms with Crippen molar-refractivity contribution in [2.24, 2.45) is 16.1 Å². The molecule has 1 aliphatic heterocycles. The molecule has 184 valence electrons. The van der Waals surface area contributed by atoms with Gasteiger partial charge in [-0.05, 0) is 70.4 Å². The quantitative estimate of drug-likeness (QED) is 0.348. The van der Waals surface area contributed by atoms with E-state index >= 15 is 0 Å². The van der Waals surface area contributed by atoms with Gasteiger partial charge in [-0.25, -0.2) is 14.5 Å². The van der Waals surface area contributed by atoms with Crippen LogP contribution in [0.25, 0.3) is 6.08 Å². The molecule has 0 aliphatic carbocycles. The number of amides is 2. The summed E-state index contributed by atoms with van der Waals surface area (Å²) < 4.78 is 10.4. The van der Waals surface area contributed by atoms with Crippen molar-refractivity contribution in [2.45, 2.75) is 52.2 Å². The van der Waals surface area contributed by atoms with Crippen LogP contribution in [0.15, 0.2) is 70.9 Å². The van der Waals surface area contributed by atoms with E-state index in [1.165, 1.54) is 0 Å². The summed E-state index contributed by atoms with van der Waals surface area (Å²) >= 11 is 0. The molecule has 8 nitrogen and oxygen atoms in total. The Kier molecular flexibility index (Phi) is 8.52. The van der Waals surface area contributed by atoms with Crippen LogP contribution in [-0.2, 0) is 19.1 Å². The van der Waals surface area contributed by atoms with Gasteiger partial charge >= 0.3 is 12.1 Å². The highest BCUT2D eigenvalue weighted by Gasteiger charge is 2.48. The van der Waals surface area contributed by atoms with Crippen molar-refractivity contribution < 1.29 is 23.9 Å². The Morgan fingerprint density at radius 3 is 2.26 bits per heavy atom. The summed E-state index contributed by atoms with van der Waals surface area (Å²) in [6.45, 7) is 6.97. The number of ether oxygens (including phenoxy) is 2. The summed E-state index contributed by atoms with van der Waals surface area (Å²) in [5.41, 5.74) is 1.64. The molecule has 0 saturated carbocycles. The summed E-state index contributed by atoms with van der Waals surface area (Å²) in [7, 11) is 0. The first-order valence-corrected chi connectivity index (χ1v) is 11.6. The Morgan fingerprint density at radius 2 is 1.66 bits per heavy atom. The molecular weight excluding hydrogens is 446 g/mol. The van der Waals surface area contributed by atoms with Gasteiger partial charge in [0, 0.05) is 5.92 Å². The zero-order valence-electron chi connectivity index (χ0n) is 20.5. The van der Waals surface area contributed by atoms with Gasteiger partial charge in [0.1, 0.15) is 11.6 Å². The fraction of sp³-hybridized carbons (Fsp3) is 0.370. The number of azo groups is 1. The summed E-state index contributed by atoms with van der Waals surface area (Å²) in [5.74, 6) is -1.55. The summed E-state index contributed by atoms with van der Waals surface area (Å²) in [6, 6.07) is 16.0. The fourth-order valence-corrected chi connectivity index (χ4v) is 3.62. The normalized spacial score (nSPS) is 18.4. The summed E-state index contributed by atoms with van der Waals surface area (Å²) in [6.07, 6.45) is 3.50. The zero-order valence-corrected chi connectivity index (χ0v) is 20.5. The number of allylic oxidation sites excluding steroid dienone is 1. The second-order valence-corrected chi connectivity index (χ2v) is 9.15. The fourth-order valence-electron chi connectivity index (χ4n) is 3.62. The Labute approximate surface area is 205 Å². The zero-order chi connectivity index (χ0) is 25.4. The Hall–Kier alpha value is -3.81. The lowest BCUT2D eigenvalue weighted by Gasteiger charge is -2.26. The van der Waals surface area contributed by atoms with E-state index in [0.717, 1.165) is 21.8 Å². The standard InChI is InChI=1S/C27H31N3O5/c1-5-34-25(32)23-18-20(24(31)30(23)26(33)35-27(2,3)4)11-9-10-19-14-16-22(17-15-19)29-28-21-12-7-6-8-13-21/h6-10,12-17,20,23H,5,11,18H2,1-4H3/t20?,23-/m0/s1. The van der Waals surface area contributed by atoms with E-state index in [0.29, 0.717) is 6.42 Å². The molecule has 0 aromatic heterocycles. The molecule has 1 fully saturated rings. The molecule has 2 amide bonds. The van der Waals surface area contributed by atoms with Gasteiger partial charge in [-0.1, -0.05) is 42.5 Å². The molecular formula is C27H31N3O5. The molecule has 1 unspecified atom stereocenters. The van der Waals surface area contributed by atoms with E-state index in [1.54, 1.807) is 27.7 Å². The lowest BCUT2D eigenvalue weighted by Crippen LogP contribution is -2.46. The van der Waals surface area contributed by atoms with Crippen molar-refractivity contribution in [1.82, 2.24) is 4.90 Å². The smallest absolute Gasteiger partial charge is 0.417 e. The third-order valence-electron chi connectivity index (χ3n) is 5.22. The second kappa shape index (κ2) is 11.6. The highest BCUT2D eigenvalue weighted by molar-refractivity contribution is 6.00. The highest BCUT2D eigenvalue weighted by Crippen LogP contribution is 2.30. The molecule has 3 rings (SSSR count). The Balaban J connectivity index is 1.64. The molecule has 1 aliphatic rings. The first-order chi connectivity index (χ1) is 16.7. The third kappa shape index (κ3) is 7.34. The van der Waals surface area contributed by atoms with Crippen LogP contribution >= 0.6 is 0 Å². The number of hydrogen-bond acceptors (Lipinski definition) is 7. The Morgan fingerprint density at radius 1 is 1.03 bits per heavy atom. The van der Waals surface area contributed by atoms with E-state index in [4.69, 9.17) is 9.47 Å². The van der Waals surface area contributed by atoms with Gasteiger partial charge in [0.15, 0.2) is 0 Å². The van der Waals surface area contributed by atoms with Crippen molar-refractivity contribution in [1.29, 1.82) is 0 Å². The molecule has 1 heterocycles. The average Bonchev–Trinajstić information content (AvgIpc) is 3.15. The molecule has 0 spiro atoms. The van der Waals surface area contributed by atoms with Gasteiger partial charge in [-0.15, -0.1) is 0 Å². The van der Waals surface area contributed by atoms with E-state index < -0.39 is 35.5 Å². The maximum atomic E-state index is 13.0. The van der Waals surface area contributed by atoms with Crippen LogP contribution < -0.4 is 0 Å². The average molecular weight is 478 g/mol. The van der Waals surface area contributed by atoms with Crippen LogP contribution in [0.3, 0.4) is 0 Å². The first-order valence-electron chi connectivity index (χ1n) is 11.6. The lowest BCUT2D eigenvalue weighted by atomic mass is 10.0. The van der Waals surface area contributed by atoms with Crippen LogP contribution in [0, 0.1) is 5.92 Å². The first kappa shape index (κ1) is 25.8. The number of esters is 1. The van der Waals surface area contributed by atoms with E-state index in [9.17, 15) is 14.4 Å². The maximum absolute atomic E-state index is 13.0. The number of likely N-dealkylation sites (tertiary alicyclic amines) is 1. The van der Waals surface area contributed by atoms with Crippen molar-refractivity contribution in [3.05, 3.63) is 66.2 Å². The Bertz CT molecular complexity index is 1090. The number of nitrogens with zero attached hydrogens (tertiary/aromatic N) is 3. The topological polar surface area (TPSA) is 97.6 Å². The van der Waals surface area contributed by atoms with Crippen LogP contribution in [0.1, 0.15) is 46.1 Å². The van der Waals surface area contributed by atoms with Crippen LogP contribution in [-0.4, -0.2) is 41.1 Å². The highest BCUT2D eigenvalue weighted by atomic mass is 16.6. The van der Waals surface area contributed by atoms with E-state index in [1.807, 2.05) is 66.7 Å². The molecule has 2 atom stereocenters. The monoisotopic (exact) mass is 477 g/mol. The molecule has 0 radical (unpaired) electrons. The van der Waals surface area contributed by atoms with Crippen LogP contribution in [0.5, 0.6) is 0 Å². The van der Waals surface area contributed by atoms with Gasteiger partial charge in [0.25, 0.3) is 0 Å². The number of rotatable bonds is 7. The number of benzene rings is 2. The van der Waals surface area contributed by atoms with Gasteiger partial charge in [-0.3, -0.25) is 4.79 Å². The summed E-state index contributed by atoms with van der Waals surface area (Å²) in [4.78, 5) is 39.0. The van der Waals surface area contributed by atoms with Crippen molar-refractivity contribution in [3.8, 4) is 0 Å². The number of carbonyl (C=O) groups is 3. The van der Waals surface area contributed by atoms with Crippen LogP contribution in [0.2, 0.25) is 0 Å². The SMILES string of the molecule is CCOC(=O)[C@@H]1CC(CC=Cc2ccc(N=Nc3ccccc3)cc2)C(=O)N1C(=O)OC(C)(C)C. The molecule has 2 aromatic carbocycles. The molecule has 0 N–H and O–H groups in total. The van der Waals surface area contributed by atoms with Gasteiger partial charge in [-0.2, -0.15) is 10.2 Å². The van der Waals surface area contributed by atoms with Crippen molar-refractivity contribution >= 4 is 35.4 Å². The molecule has 8 heteroatoms. The van der Waals surface area contributed by atoms with Crippen LogP contribution in [0.4, 0.5) is 16.2 Å². The summed E-state index contributed by atoms with van der Waals surface area (Å²) in [5, 5.41) is 8.42. The lowest BCUT2D eigenvalue weighted by molar-refractivity contribution is -0.151. The van der Waals surface area contributed by atoms with Gasteiger partial charge < -0.3 is 9.47 Å². The predicted octanol–water partition coefficient (Wildman–Crippen LogP) is 6.22. The predicted molar refractivity (Wildman–Crippen MR) is 132 cm³/mol. The van der Waals surface area contributed by atoms with Crippen molar-refractivity contribution in [2.75, 3.05) is 6.61 Å². The molecule has 1 saturated heterocycles. The van der Waals surface area contributed by atoms with E-state index in [-0.39, 0.29) is 13.0 Å². The van der Waals surface area contributed by atoms with Crippen molar-refractivity contribution in [3.63, 3.8) is 0 Å². The molecule has 2 aromatic rings. The molecule has 35 heavy (non-hydrogen) atoms.